The summed E-state index contributed by atoms with van der Waals surface area (Å²) < 4.78 is 47.1. The second-order valence-electron chi connectivity index (χ2n) is 4.67. The van der Waals surface area contributed by atoms with Crippen molar-refractivity contribution in [1.29, 1.82) is 0 Å². The smallest absolute Gasteiger partial charge is 0.240 e. The Kier molecular flexibility index (Phi) is 9.81. The van der Waals surface area contributed by atoms with Crippen LogP contribution in [-0.2, 0) is 24.2 Å². The third kappa shape index (κ3) is 8.29. The van der Waals surface area contributed by atoms with E-state index in [-0.39, 0.29) is 4.90 Å². The molecule has 0 unspecified atom stereocenters. The summed E-state index contributed by atoms with van der Waals surface area (Å²) in [5.41, 5.74) is 0. The van der Waals surface area contributed by atoms with Gasteiger partial charge in [-0.3, -0.25) is 0 Å². The van der Waals surface area contributed by atoms with Crippen molar-refractivity contribution in [3.63, 3.8) is 0 Å². The van der Waals surface area contributed by atoms with Crippen LogP contribution >= 0.6 is 0 Å². The first-order valence-corrected chi connectivity index (χ1v) is 8.86. The Morgan fingerprint density at radius 3 is 2.22 bits per heavy atom. The Hall–Kier alpha value is -1.19. The van der Waals surface area contributed by atoms with Crippen LogP contribution in [0.4, 0.5) is 0 Å². The van der Waals surface area contributed by atoms with Crippen molar-refractivity contribution in [2.24, 2.45) is 0 Å². The Bertz CT molecular complexity index is 517. The van der Waals surface area contributed by atoms with Crippen LogP contribution in [-0.4, -0.2) is 62.2 Å². The molecular formula is C15H25NO6S. The molecule has 8 heteroatoms. The van der Waals surface area contributed by atoms with Crippen LogP contribution in [0, 0.1) is 0 Å². The summed E-state index contributed by atoms with van der Waals surface area (Å²) >= 11 is 0. The van der Waals surface area contributed by atoms with Crippen LogP contribution in [0.2, 0.25) is 0 Å². The molecule has 7 nitrogen and oxygen atoms in total. The van der Waals surface area contributed by atoms with Crippen LogP contribution in [0.1, 0.15) is 6.42 Å². The molecule has 0 saturated carbocycles. The number of methoxy groups -OCH3 is 2. The molecular weight excluding hydrogens is 322 g/mol. The van der Waals surface area contributed by atoms with Gasteiger partial charge < -0.3 is 18.9 Å². The molecule has 0 atom stereocenters. The summed E-state index contributed by atoms with van der Waals surface area (Å²) in [7, 11) is -0.317. The largest absolute Gasteiger partial charge is 0.491 e. The van der Waals surface area contributed by atoms with Crippen molar-refractivity contribution in [2.45, 2.75) is 11.3 Å². The summed E-state index contributed by atoms with van der Waals surface area (Å²) in [5, 5.41) is 0. The molecule has 1 N–H and O–H groups in total. The average molecular weight is 347 g/mol. The van der Waals surface area contributed by atoms with Crippen LogP contribution in [0.25, 0.3) is 0 Å². The highest BCUT2D eigenvalue weighted by molar-refractivity contribution is 7.89. The number of hydrogen-bond acceptors (Lipinski definition) is 6. The van der Waals surface area contributed by atoms with E-state index in [2.05, 4.69) is 4.72 Å². The van der Waals surface area contributed by atoms with Crippen LogP contribution in [0.15, 0.2) is 29.2 Å². The molecule has 0 bridgehead atoms. The molecule has 132 valence electrons. The summed E-state index contributed by atoms with van der Waals surface area (Å²) in [6, 6.07) is 6.27. The van der Waals surface area contributed by atoms with Crippen LogP contribution < -0.4 is 9.46 Å². The molecule has 0 spiro atoms. The van der Waals surface area contributed by atoms with E-state index in [0.29, 0.717) is 51.7 Å². The number of hydrogen-bond donors (Lipinski definition) is 1. The molecule has 0 amide bonds. The number of benzene rings is 1. The highest BCUT2D eigenvalue weighted by atomic mass is 32.2. The minimum atomic E-state index is -3.51. The zero-order valence-corrected chi connectivity index (χ0v) is 14.4. The molecule has 0 fully saturated rings. The highest BCUT2D eigenvalue weighted by Gasteiger charge is 2.13. The number of sulfonamides is 1. The SMILES string of the molecule is COCCOCCCNS(=O)(=O)c1ccc(OCCOC)cc1. The molecule has 23 heavy (non-hydrogen) atoms. The molecule has 0 aliphatic carbocycles. The van der Waals surface area contributed by atoms with E-state index in [1.807, 2.05) is 0 Å². The molecule has 1 aromatic carbocycles. The van der Waals surface area contributed by atoms with Gasteiger partial charge >= 0.3 is 0 Å². The molecule has 1 rings (SSSR count). The molecule has 1 aromatic rings. The van der Waals surface area contributed by atoms with Crippen LogP contribution in [0.5, 0.6) is 5.75 Å². The molecule has 0 heterocycles. The highest BCUT2D eigenvalue weighted by Crippen LogP contribution is 2.15. The maximum atomic E-state index is 12.1. The van der Waals surface area contributed by atoms with Gasteiger partial charge in [-0.1, -0.05) is 0 Å². The van der Waals surface area contributed by atoms with Crippen molar-refractivity contribution >= 4 is 10.0 Å². The van der Waals surface area contributed by atoms with Gasteiger partial charge in [-0.15, -0.1) is 0 Å². The van der Waals surface area contributed by atoms with E-state index in [1.165, 1.54) is 12.1 Å². The lowest BCUT2D eigenvalue weighted by Gasteiger charge is -2.09. The van der Waals surface area contributed by atoms with Gasteiger partial charge in [-0.25, -0.2) is 13.1 Å². The first-order chi connectivity index (χ1) is 11.1. The normalized spacial score (nSPS) is 11.6. The second kappa shape index (κ2) is 11.4. The van der Waals surface area contributed by atoms with Gasteiger partial charge in [-0.05, 0) is 30.7 Å². The van der Waals surface area contributed by atoms with Gasteiger partial charge in [0.25, 0.3) is 0 Å². The number of nitrogens with one attached hydrogen (secondary N) is 1. The van der Waals surface area contributed by atoms with Crippen molar-refractivity contribution < 1.29 is 27.4 Å². The predicted octanol–water partition coefficient (Wildman–Crippen LogP) is 1.04. The van der Waals surface area contributed by atoms with E-state index in [9.17, 15) is 8.42 Å². The molecule has 0 saturated heterocycles. The fourth-order valence-corrected chi connectivity index (χ4v) is 2.74. The van der Waals surface area contributed by atoms with Crippen molar-refractivity contribution in [2.75, 3.05) is 53.8 Å². The zero-order valence-electron chi connectivity index (χ0n) is 13.6. The van der Waals surface area contributed by atoms with Crippen LogP contribution in [0.3, 0.4) is 0 Å². The Labute approximate surface area is 137 Å². The molecule has 0 radical (unpaired) electrons. The van der Waals surface area contributed by atoms with E-state index in [4.69, 9.17) is 18.9 Å². The zero-order chi connectivity index (χ0) is 17.0. The maximum Gasteiger partial charge on any atom is 0.240 e. The van der Waals surface area contributed by atoms with Crippen molar-refractivity contribution in [1.82, 2.24) is 4.72 Å². The lowest BCUT2D eigenvalue weighted by atomic mass is 10.3. The van der Waals surface area contributed by atoms with Gasteiger partial charge in [0.05, 0.1) is 24.7 Å². The Balaban J connectivity index is 2.35. The molecule has 0 aromatic heterocycles. The summed E-state index contributed by atoms with van der Waals surface area (Å²) in [4.78, 5) is 0.205. The van der Waals surface area contributed by atoms with E-state index in [1.54, 1.807) is 26.4 Å². The maximum absolute atomic E-state index is 12.1. The summed E-state index contributed by atoms with van der Waals surface area (Å²) in [6.45, 7) is 2.75. The first kappa shape index (κ1) is 19.9. The summed E-state index contributed by atoms with van der Waals surface area (Å²) in [6.07, 6.45) is 0.598. The standard InChI is InChI=1S/C15H25NO6S/c1-19-10-12-21-9-3-8-16-23(17,18)15-6-4-14(5-7-15)22-13-11-20-2/h4-7,16H,3,8-13H2,1-2H3. The van der Waals surface area contributed by atoms with Crippen molar-refractivity contribution in [3.8, 4) is 5.75 Å². The van der Waals surface area contributed by atoms with E-state index < -0.39 is 10.0 Å². The van der Waals surface area contributed by atoms with Gasteiger partial charge in [0.15, 0.2) is 0 Å². The first-order valence-electron chi connectivity index (χ1n) is 7.38. The van der Waals surface area contributed by atoms with Gasteiger partial charge in [0.1, 0.15) is 12.4 Å². The quantitative estimate of drug-likeness (QED) is 0.537. The number of ether oxygens (including phenoxy) is 4. The minimum absolute atomic E-state index is 0.205. The topological polar surface area (TPSA) is 83.1 Å². The summed E-state index contributed by atoms with van der Waals surface area (Å²) in [5.74, 6) is 0.604. The monoisotopic (exact) mass is 347 g/mol. The average Bonchev–Trinajstić information content (AvgIpc) is 2.55. The Morgan fingerprint density at radius 2 is 1.57 bits per heavy atom. The fraction of sp³-hybridized carbons (Fsp3) is 0.600. The van der Waals surface area contributed by atoms with Gasteiger partial charge in [-0.2, -0.15) is 0 Å². The number of rotatable bonds is 13. The third-order valence-corrected chi connectivity index (χ3v) is 4.36. The lowest BCUT2D eigenvalue weighted by molar-refractivity contribution is 0.0699. The molecule has 0 aliphatic rings. The predicted molar refractivity (Wildman–Crippen MR) is 86.3 cm³/mol. The fourth-order valence-electron chi connectivity index (χ4n) is 1.67. The van der Waals surface area contributed by atoms with Gasteiger partial charge in [0.2, 0.25) is 10.0 Å². The minimum Gasteiger partial charge on any atom is -0.491 e. The Morgan fingerprint density at radius 1 is 0.913 bits per heavy atom. The van der Waals surface area contributed by atoms with E-state index >= 15 is 0 Å². The lowest BCUT2D eigenvalue weighted by Crippen LogP contribution is -2.25. The third-order valence-electron chi connectivity index (χ3n) is 2.88. The van der Waals surface area contributed by atoms with E-state index in [0.717, 1.165) is 0 Å². The second-order valence-corrected chi connectivity index (χ2v) is 6.44. The van der Waals surface area contributed by atoms with Gasteiger partial charge in [0, 0.05) is 27.4 Å². The molecule has 0 aliphatic heterocycles. The van der Waals surface area contributed by atoms with Crippen molar-refractivity contribution in [3.05, 3.63) is 24.3 Å².